The first kappa shape index (κ1) is 27.7. The first-order valence-corrected chi connectivity index (χ1v) is 12.7. The average molecular weight is 533 g/mol. The largest absolute Gasteiger partial charge is 0.351 e. The summed E-state index contributed by atoms with van der Waals surface area (Å²) in [5.74, 6) is -0.950. The Kier molecular flexibility index (Phi) is 8.84. The number of hydrogen-bond acceptors (Lipinski definition) is 7. The third-order valence-electron chi connectivity index (χ3n) is 6.18. The van der Waals surface area contributed by atoms with Gasteiger partial charge in [0.2, 0.25) is 11.9 Å². The van der Waals surface area contributed by atoms with Gasteiger partial charge in [-0.3, -0.25) is 14.9 Å². The Bertz CT molecular complexity index is 1300. The molecule has 3 N–H and O–H groups in total. The number of carbonyl (C=O) groups is 3. The number of nitrogens with zero attached hydrogens (tertiary/aromatic N) is 3. The molecule has 204 valence electrons. The molecular formula is C28H32N6O5. The van der Waals surface area contributed by atoms with Crippen LogP contribution in [0.5, 0.6) is 0 Å². The van der Waals surface area contributed by atoms with Gasteiger partial charge in [-0.05, 0) is 45.0 Å². The molecule has 39 heavy (non-hydrogen) atoms. The van der Waals surface area contributed by atoms with Crippen molar-refractivity contribution in [3.63, 3.8) is 0 Å². The molecule has 4 rings (SSSR count). The van der Waals surface area contributed by atoms with Crippen molar-refractivity contribution in [2.45, 2.75) is 39.0 Å². The predicted octanol–water partition coefficient (Wildman–Crippen LogP) is 3.58. The molecule has 1 atom stereocenters. The molecule has 4 amide bonds. The van der Waals surface area contributed by atoms with Gasteiger partial charge in [0.15, 0.2) is 11.8 Å². The lowest BCUT2D eigenvalue weighted by atomic mass is 9.87. The summed E-state index contributed by atoms with van der Waals surface area (Å²) in [6.07, 6.45) is 1.89. The van der Waals surface area contributed by atoms with Gasteiger partial charge in [0, 0.05) is 36.9 Å². The van der Waals surface area contributed by atoms with Gasteiger partial charge in [0.1, 0.15) is 0 Å². The lowest BCUT2D eigenvalue weighted by Crippen LogP contribution is -2.56. The molecule has 0 bridgehead atoms. The molecule has 0 fully saturated rings. The molecule has 0 spiro atoms. The van der Waals surface area contributed by atoms with Crippen LogP contribution in [0.1, 0.15) is 31.4 Å². The number of rotatable bonds is 11. The molecule has 1 aromatic heterocycles. The summed E-state index contributed by atoms with van der Waals surface area (Å²) in [4.78, 5) is 50.3. The third kappa shape index (κ3) is 6.39. The molecule has 11 nitrogen and oxygen atoms in total. The molecule has 1 aliphatic rings. The standard InChI is InChI=1S/C28H32N6O5/c1-4-38-24(39-5-2)18-34-22-10-7-6-9-21(22)28(25(34)36,17-23(35)32-26-29-15-8-16-30-26)33-27(37)31-20-13-11-19(3)12-14-20/h6-16,24H,4-5,17-18H2,1-3H3,(H2,31,33,37)(H,29,30,32,35)/t28-/m0/s1. The number of benzene rings is 2. The first-order valence-electron chi connectivity index (χ1n) is 12.7. The molecule has 0 aliphatic carbocycles. The molecule has 2 heterocycles. The Morgan fingerprint density at radius 3 is 2.28 bits per heavy atom. The van der Waals surface area contributed by atoms with Crippen molar-refractivity contribution >= 4 is 35.2 Å². The van der Waals surface area contributed by atoms with E-state index in [4.69, 9.17) is 9.47 Å². The Balaban J connectivity index is 1.69. The minimum Gasteiger partial charge on any atom is -0.351 e. The van der Waals surface area contributed by atoms with Crippen LogP contribution in [0, 0.1) is 6.92 Å². The van der Waals surface area contributed by atoms with Crippen molar-refractivity contribution in [3.8, 4) is 0 Å². The molecule has 11 heteroatoms. The van der Waals surface area contributed by atoms with E-state index in [9.17, 15) is 14.4 Å². The predicted molar refractivity (Wildman–Crippen MR) is 146 cm³/mol. The fourth-order valence-corrected chi connectivity index (χ4v) is 4.48. The zero-order chi connectivity index (χ0) is 27.8. The summed E-state index contributed by atoms with van der Waals surface area (Å²) in [6, 6.07) is 15.2. The van der Waals surface area contributed by atoms with Gasteiger partial charge in [-0.15, -0.1) is 0 Å². The van der Waals surface area contributed by atoms with E-state index in [1.807, 2.05) is 32.9 Å². The van der Waals surface area contributed by atoms with Crippen molar-refractivity contribution in [1.29, 1.82) is 0 Å². The van der Waals surface area contributed by atoms with Crippen LogP contribution in [0.2, 0.25) is 0 Å². The van der Waals surface area contributed by atoms with Crippen LogP contribution < -0.4 is 20.9 Å². The van der Waals surface area contributed by atoms with Crippen molar-refractivity contribution in [2.75, 3.05) is 35.3 Å². The molecule has 0 saturated carbocycles. The maximum absolute atomic E-state index is 14.2. The minimum absolute atomic E-state index is 0.0734. The van der Waals surface area contributed by atoms with E-state index >= 15 is 0 Å². The fraction of sp³-hybridized carbons (Fsp3) is 0.321. The van der Waals surface area contributed by atoms with Crippen LogP contribution in [0.25, 0.3) is 0 Å². The van der Waals surface area contributed by atoms with Gasteiger partial charge in [0.25, 0.3) is 5.91 Å². The Labute approximate surface area is 226 Å². The zero-order valence-electron chi connectivity index (χ0n) is 22.1. The molecular weight excluding hydrogens is 500 g/mol. The summed E-state index contributed by atoms with van der Waals surface area (Å²) < 4.78 is 11.4. The lowest BCUT2D eigenvalue weighted by Gasteiger charge is -2.30. The highest BCUT2D eigenvalue weighted by atomic mass is 16.7. The molecule has 1 aliphatic heterocycles. The van der Waals surface area contributed by atoms with E-state index in [2.05, 4.69) is 25.9 Å². The molecule has 2 aromatic carbocycles. The monoisotopic (exact) mass is 532 g/mol. The number of urea groups is 1. The first-order chi connectivity index (χ1) is 18.9. The summed E-state index contributed by atoms with van der Waals surface area (Å²) >= 11 is 0. The molecule has 3 aromatic rings. The van der Waals surface area contributed by atoms with Gasteiger partial charge in [0.05, 0.1) is 18.7 Å². The number of amides is 4. The molecule has 0 unspecified atom stereocenters. The van der Waals surface area contributed by atoms with Gasteiger partial charge in [-0.1, -0.05) is 35.9 Å². The van der Waals surface area contributed by atoms with Crippen molar-refractivity contribution < 1.29 is 23.9 Å². The Morgan fingerprint density at radius 2 is 1.62 bits per heavy atom. The van der Waals surface area contributed by atoms with E-state index in [0.717, 1.165) is 5.56 Å². The highest BCUT2D eigenvalue weighted by molar-refractivity contribution is 6.12. The van der Waals surface area contributed by atoms with E-state index in [0.29, 0.717) is 30.2 Å². The highest BCUT2D eigenvalue weighted by Gasteiger charge is 2.53. The number of hydrogen-bond donors (Lipinski definition) is 3. The van der Waals surface area contributed by atoms with E-state index in [-0.39, 0.29) is 12.5 Å². The second-order valence-corrected chi connectivity index (χ2v) is 8.92. The Hall–Kier alpha value is -4.35. The number of fused-ring (bicyclic) bond motifs is 1. The highest BCUT2D eigenvalue weighted by Crippen LogP contribution is 2.43. The van der Waals surface area contributed by atoms with Crippen molar-refractivity contribution in [3.05, 3.63) is 78.1 Å². The number of carbonyl (C=O) groups excluding carboxylic acids is 3. The van der Waals surface area contributed by atoms with E-state index in [1.54, 1.807) is 42.5 Å². The van der Waals surface area contributed by atoms with Crippen LogP contribution in [-0.2, 0) is 24.6 Å². The maximum Gasteiger partial charge on any atom is 0.320 e. The lowest BCUT2D eigenvalue weighted by molar-refractivity contribution is -0.138. The number of aromatic nitrogens is 2. The fourth-order valence-electron chi connectivity index (χ4n) is 4.48. The number of ether oxygens (including phenoxy) is 2. The smallest absolute Gasteiger partial charge is 0.320 e. The SMILES string of the molecule is CCOC(CN1C(=O)[C@@](CC(=O)Nc2ncccn2)(NC(=O)Nc2ccc(C)cc2)c2ccccc21)OCC. The van der Waals surface area contributed by atoms with Crippen molar-refractivity contribution in [1.82, 2.24) is 15.3 Å². The third-order valence-corrected chi connectivity index (χ3v) is 6.18. The van der Waals surface area contributed by atoms with Gasteiger partial charge in [-0.25, -0.2) is 14.8 Å². The zero-order valence-corrected chi connectivity index (χ0v) is 22.1. The molecule has 0 saturated heterocycles. The Morgan fingerprint density at radius 1 is 0.949 bits per heavy atom. The van der Waals surface area contributed by atoms with Crippen LogP contribution >= 0.6 is 0 Å². The molecule has 0 radical (unpaired) electrons. The van der Waals surface area contributed by atoms with Gasteiger partial charge >= 0.3 is 6.03 Å². The van der Waals surface area contributed by atoms with E-state index < -0.39 is 36.1 Å². The number of anilines is 3. The van der Waals surface area contributed by atoms with Crippen molar-refractivity contribution in [2.24, 2.45) is 0 Å². The topological polar surface area (TPSA) is 135 Å². The second kappa shape index (κ2) is 12.5. The van der Waals surface area contributed by atoms with Crippen LogP contribution in [0.3, 0.4) is 0 Å². The summed E-state index contributed by atoms with van der Waals surface area (Å²) in [5, 5.41) is 8.20. The minimum atomic E-state index is -1.72. The maximum atomic E-state index is 14.2. The average Bonchev–Trinajstić information content (AvgIpc) is 3.13. The summed E-state index contributed by atoms with van der Waals surface area (Å²) in [7, 11) is 0. The summed E-state index contributed by atoms with van der Waals surface area (Å²) in [5.41, 5.74) is 0.883. The number of nitrogens with one attached hydrogen (secondary N) is 3. The number of aryl methyl sites for hydroxylation is 1. The van der Waals surface area contributed by atoms with Crippen LogP contribution in [-0.4, -0.2) is 53.9 Å². The number of para-hydroxylation sites is 1. The summed E-state index contributed by atoms with van der Waals surface area (Å²) in [6.45, 7) is 6.46. The van der Waals surface area contributed by atoms with Gasteiger partial charge < -0.3 is 25.0 Å². The quantitative estimate of drug-likeness (QED) is 0.321. The van der Waals surface area contributed by atoms with E-state index in [1.165, 1.54) is 17.3 Å². The normalized spacial score (nSPS) is 16.2. The van der Waals surface area contributed by atoms with Crippen LogP contribution in [0.15, 0.2) is 67.0 Å². The van der Waals surface area contributed by atoms with Gasteiger partial charge in [-0.2, -0.15) is 0 Å². The second-order valence-electron chi connectivity index (χ2n) is 8.92. The van der Waals surface area contributed by atoms with Crippen LogP contribution in [0.4, 0.5) is 22.1 Å².